The van der Waals surface area contributed by atoms with E-state index in [1.807, 2.05) is 65.8 Å². The molecule has 1 N–H and O–H groups in total. The Kier molecular flexibility index (Phi) is 5.36. The maximum atomic E-state index is 12.6. The zero-order chi connectivity index (χ0) is 18.9. The summed E-state index contributed by atoms with van der Waals surface area (Å²) in [6.07, 6.45) is 0. The fourth-order valence-electron chi connectivity index (χ4n) is 3.67. The van der Waals surface area contributed by atoms with Crippen LogP contribution in [-0.2, 0) is 9.53 Å². The number of aliphatic hydroxyl groups is 1. The molecule has 2 aromatic rings. The van der Waals surface area contributed by atoms with Crippen molar-refractivity contribution in [3.63, 3.8) is 0 Å². The molecule has 0 aliphatic rings. The van der Waals surface area contributed by atoms with Crippen molar-refractivity contribution in [2.45, 2.75) is 41.5 Å². The molecule has 2 rings (SSSR count). The molecule has 0 heterocycles. The van der Waals surface area contributed by atoms with Crippen molar-refractivity contribution in [2.75, 3.05) is 7.11 Å². The Morgan fingerprint density at radius 1 is 0.760 bits per heavy atom. The summed E-state index contributed by atoms with van der Waals surface area (Å²) in [5, 5.41) is 11.1. The van der Waals surface area contributed by atoms with Crippen molar-refractivity contribution >= 4 is 17.3 Å². The predicted molar refractivity (Wildman–Crippen MR) is 103 cm³/mol. The fraction of sp³-hybridized carbons (Fsp3) is 0.318. The standard InChI is InChI=1S/C22H26O3/c1-12-8-14(3)18(15(4)9-12)20(22(24)25-7)21(23)19-16(5)10-13(2)11-17(19)6/h8-11,23H,1-7H3/b21-20-. The van der Waals surface area contributed by atoms with Gasteiger partial charge in [-0.1, -0.05) is 35.4 Å². The molecule has 0 spiro atoms. The van der Waals surface area contributed by atoms with Crippen LogP contribution in [-0.4, -0.2) is 18.2 Å². The summed E-state index contributed by atoms with van der Waals surface area (Å²) in [6.45, 7) is 11.8. The van der Waals surface area contributed by atoms with Crippen LogP contribution in [0.2, 0.25) is 0 Å². The third-order valence-corrected chi connectivity index (χ3v) is 4.47. The van der Waals surface area contributed by atoms with Crippen LogP contribution in [0, 0.1) is 41.5 Å². The number of hydrogen-bond donors (Lipinski definition) is 1. The molecule has 3 nitrogen and oxygen atoms in total. The third kappa shape index (κ3) is 3.60. The molecule has 0 saturated carbocycles. The lowest BCUT2D eigenvalue weighted by Crippen LogP contribution is -2.11. The quantitative estimate of drug-likeness (QED) is 0.365. The molecule has 0 amide bonds. The van der Waals surface area contributed by atoms with E-state index in [1.165, 1.54) is 7.11 Å². The summed E-state index contributed by atoms with van der Waals surface area (Å²) in [4.78, 5) is 12.6. The molecule has 0 aliphatic carbocycles. The van der Waals surface area contributed by atoms with Gasteiger partial charge in [0.2, 0.25) is 0 Å². The van der Waals surface area contributed by atoms with Crippen LogP contribution in [0.1, 0.15) is 44.5 Å². The van der Waals surface area contributed by atoms with Crippen molar-refractivity contribution < 1.29 is 14.6 Å². The first kappa shape index (κ1) is 18.8. The first-order chi connectivity index (χ1) is 11.7. The smallest absolute Gasteiger partial charge is 0.342 e. The van der Waals surface area contributed by atoms with Crippen molar-refractivity contribution in [3.05, 3.63) is 68.8 Å². The van der Waals surface area contributed by atoms with Gasteiger partial charge in [-0.25, -0.2) is 4.79 Å². The van der Waals surface area contributed by atoms with Crippen LogP contribution in [0.15, 0.2) is 24.3 Å². The number of hydrogen-bond acceptors (Lipinski definition) is 3. The molecule has 3 heteroatoms. The number of rotatable bonds is 3. The van der Waals surface area contributed by atoms with E-state index in [-0.39, 0.29) is 11.3 Å². The second kappa shape index (κ2) is 7.14. The molecular formula is C22H26O3. The van der Waals surface area contributed by atoms with Gasteiger partial charge < -0.3 is 9.84 Å². The molecule has 0 aromatic heterocycles. The minimum Gasteiger partial charge on any atom is -0.506 e. The molecule has 0 aliphatic heterocycles. The minimum absolute atomic E-state index is 0.0306. The number of aliphatic hydroxyl groups excluding tert-OH is 1. The van der Waals surface area contributed by atoms with Gasteiger partial charge >= 0.3 is 5.97 Å². The van der Waals surface area contributed by atoms with Crippen LogP contribution in [0.5, 0.6) is 0 Å². The number of carbonyl (C=O) groups is 1. The topological polar surface area (TPSA) is 46.5 Å². The lowest BCUT2D eigenvalue weighted by atomic mass is 9.89. The molecule has 25 heavy (non-hydrogen) atoms. The van der Waals surface area contributed by atoms with Crippen molar-refractivity contribution in [1.29, 1.82) is 0 Å². The summed E-state index contributed by atoms with van der Waals surface area (Å²) in [5.41, 5.74) is 7.60. The van der Waals surface area contributed by atoms with Crippen LogP contribution >= 0.6 is 0 Å². The van der Waals surface area contributed by atoms with Gasteiger partial charge in [0.1, 0.15) is 11.3 Å². The number of ether oxygens (including phenoxy) is 1. The Balaban J connectivity index is 2.88. The van der Waals surface area contributed by atoms with E-state index >= 15 is 0 Å². The lowest BCUT2D eigenvalue weighted by molar-refractivity contribution is -0.133. The molecule has 0 radical (unpaired) electrons. The SMILES string of the molecule is COC(=O)/C(=C(\O)c1c(C)cc(C)cc1C)c1c(C)cc(C)cc1C. The van der Waals surface area contributed by atoms with Crippen molar-refractivity contribution in [2.24, 2.45) is 0 Å². The summed E-state index contributed by atoms with van der Waals surface area (Å²) in [7, 11) is 1.34. The number of benzene rings is 2. The molecule has 0 unspecified atom stereocenters. The Morgan fingerprint density at radius 3 is 1.48 bits per heavy atom. The van der Waals surface area contributed by atoms with Crippen molar-refractivity contribution in [1.82, 2.24) is 0 Å². The highest BCUT2D eigenvalue weighted by molar-refractivity contribution is 6.24. The zero-order valence-electron chi connectivity index (χ0n) is 16.1. The molecule has 0 bridgehead atoms. The molecule has 132 valence electrons. The van der Waals surface area contributed by atoms with Crippen LogP contribution < -0.4 is 0 Å². The largest absolute Gasteiger partial charge is 0.506 e. The van der Waals surface area contributed by atoms with Gasteiger partial charge in [0.05, 0.1) is 7.11 Å². The van der Waals surface area contributed by atoms with Crippen LogP contribution in [0.4, 0.5) is 0 Å². The molecule has 0 saturated heterocycles. The second-order valence-corrected chi connectivity index (χ2v) is 6.76. The van der Waals surface area contributed by atoms with E-state index in [4.69, 9.17) is 4.74 Å². The molecule has 0 atom stereocenters. The monoisotopic (exact) mass is 338 g/mol. The average Bonchev–Trinajstić information content (AvgIpc) is 2.48. The highest BCUT2D eigenvalue weighted by Gasteiger charge is 2.24. The maximum absolute atomic E-state index is 12.6. The van der Waals surface area contributed by atoms with Gasteiger partial charge in [0.15, 0.2) is 0 Å². The van der Waals surface area contributed by atoms with Crippen LogP contribution in [0.3, 0.4) is 0 Å². The highest BCUT2D eigenvalue weighted by atomic mass is 16.5. The van der Waals surface area contributed by atoms with E-state index in [1.54, 1.807) is 0 Å². The fourth-order valence-corrected chi connectivity index (χ4v) is 3.67. The van der Waals surface area contributed by atoms with E-state index < -0.39 is 5.97 Å². The molecular weight excluding hydrogens is 312 g/mol. The van der Waals surface area contributed by atoms with Gasteiger partial charge in [-0.05, 0) is 69.4 Å². The summed E-state index contributed by atoms with van der Waals surface area (Å²) >= 11 is 0. The first-order valence-electron chi connectivity index (χ1n) is 8.35. The van der Waals surface area contributed by atoms with Gasteiger partial charge in [-0.15, -0.1) is 0 Å². The Hall–Kier alpha value is -2.55. The van der Waals surface area contributed by atoms with E-state index in [0.29, 0.717) is 5.56 Å². The van der Waals surface area contributed by atoms with Gasteiger partial charge in [-0.3, -0.25) is 0 Å². The zero-order valence-corrected chi connectivity index (χ0v) is 16.1. The normalized spacial score (nSPS) is 12.0. The molecule has 2 aromatic carbocycles. The minimum atomic E-state index is -0.535. The summed E-state index contributed by atoms with van der Waals surface area (Å²) in [5.74, 6) is -0.566. The maximum Gasteiger partial charge on any atom is 0.342 e. The van der Waals surface area contributed by atoms with E-state index in [2.05, 4.69) is 0 Å². The van der Waals surface area contributed by atoms with Crippen molar-refractivity contribution in [3.8, 4) is 0 Å². The average molecular weight is 338 g/mol. The third-order valence-electron chi connectivity index (χ3n) is 4.47. The van der Waals surface area contributed by atoms with Crippen LogP contribution in [0.25, 0.3) is 11.3 Å². The Bertz CT molecular complexity index is 827. The number of methoxy groups -OCH3 is 1. The van der Waals surface area contributed by atoms with E-state index in [9.17, 15) is 9.90 Å². The number of aryl methyl sites for hydroxylation is 6. The Labute approximate surface area is 150 Å². The van der Waals surface area contributed by atoms with Gasteiger partial charge in [0.25, 0.3) is 0 Å². The first-order valence-corrected chi connectivity index (χ1v) is 8.35. The summed E-state index contributed by atoms with van der Waals surface area (Å²) in [6, 6.07) is 8.02. The lowest BCUT2D eigenvalue weighted by Gasteiger charge is -2.18. The van der Waals surface area contributed by atoms with Gasteiger partial charge in [0, 0.05) is 5.56 Å². The summed E-state index contributed by atoms with van der Waals surface area (Å²) < 4.78 is 5.00. The predicted octanol–water partition coefficient (Wildman–Crippen LogP) is 5.14. The number of carbonyl (C=O) groups excluding carboxylic acids is 1. The van der Waals surface area contributed by atoms with Gasteiger partial charge in [-0.2, -0.15) is 0 Å². The van der Waals surface area contributed by atoms with E-state index in [0.717, 1.165) is 38.9 Å². The Morgan fingerprint density at radius 2 is 1.12 bits per heavy atom. The highest BCUT2D eigenvalue weighted by Crippen LogP contribution is 2.33. The second-order valence-electron chi connectivity index (χ2n) is 6.76. The molecule has 0 fully saturated rings. The number of esters is 1.